The van der Waals surface area contributed by atoms with E-state index in [1.807, 2.05) is 17.9 Å². The van der Waals surface area contributed by atoms with E-state index in [4.69, 9.17) is 5.73 Å². The Balaban J connectivity index is 2.12. The van der Waals surface area contributed by atoms with Crippen LogP contribution >= 0.6 is 0 Å². The van der Waals surface area contributed by atoms with Gasteiger partial charge in [0.1, 0.15) is 0 Å². The lowest BCUT2D eigenvalue weighted by molar-refractivity contribution is 0.204. The molecule has 1 fully saturated rings. The van der Waals surface area contributed by atoms with Crippen molar-refractivity contribution in [2.24, 2.45) is 24.6 Å². The maximum absolute atomic E-state index is 6.20. The SMILES string of the molecule is CC(C)C1CCN(C(c2cnn(C)c2)C(C)N)C1. The molecule has 1 aliphatic heterocycles. The fourth-order valence-corrected chi connectivity index (χ4v) is 3.05. The second kappa shape index (κ2) is 5.41. The van der Waals surface area contributed by atoms with E-state index in [2.05, 4.69) is 37.0 Å². The predicted octanol–water partition coefficient (Wildman–Crippen LogP) is 1.79. The van der Waals surface area contributed by atoms with Crippen LogP contribution in [-0.2, 0) is 7.05 Å². The van der Waals surface area contributed by atoms with E-state index in [9.17, 15) is 0 Å². The average molecular weight is 250 g/mol. The molecule has 0 radical (unpaired) electrons. The topological polar surface area (TPSA) is 47.1 Å². The third kappa shape index (κ3) is 2.75. The van der Waals surface area contributed by atoms with Crippen molar-refractivity contribution < 1.29 is 0 Å². The molecule has 4 nitrogen and oxygen atoms in total. The van der Waals surface area contributed by atoms with E-state index < -0.39 is 0 Å². The van der Waals surface area contributed by atoms with Gasteiger partial charge in [-0.25, -0.2) is 0 Å². The van der Waals surface area contributed by atoms with E-state index >= 15 is 0 Å². The molecule has 2 rings (SSSR count). The van der Waals surface area contributed by atoms with Gasteiger partial charge in [0.25, 0.3) is 0 Å². The van der Waals surface area contributed by atoms with Gasteiger partial charge in [0.2, 0.25) is 0 Å². The Morgan fingerprint density at radius 2 is 2.11 bits per heavy atom. The lowest BCUT2D eigenvalue weighted by Gasteiger charge is -2.30. The first-order valence-corrected chi connectivity index (χ1v) is 6.97. The van der Waals surface area contributed by atoms with Crippen LogP contribution in [0.4, 0.5) is 0 Å². The average Bonchev–Trinajstić information content (AvgIpc) is 2.88. The predicted molar refractivity (Wildman–Crippen MR) is 74.1 cm³/mol. The number of hydrogen-bond acceptors (Lipinski definition) is 3. The highest BCUT2D eigenvalue weighted by Gasteiger charge is 2.32. The standard InChI is InChI=1S/C14H26N4/c1-10(2)12-5-6-18(9-12)14(11(3)15)13-7-16-17(4)8-13/h7-8,10-12,14H,5-6,9,15H2,1-4H3. The van der Waals surface area contributed by atoms with E-state index in [-0.39, 0.29) is 6.04 Å². The van der Waals surface area contributed by atoms with Crippen LogP contribution < -0.4 is 5.73 Å². The molecule has 1 aromatic heterocycles. The molecular formula is C14H26N4. The number of rotatable bonds is 4. The van der Waals surface area contributed by atoms with Gasteiger partial charge in [0, 0.05) is 31.4 Å². The second-order valence-corrected chi connectivity index (χ2v) is 6.04. The number of nitrogens with zero attached hydrogens (tertiary/aromatic N) is 3. The second-order valence-electron chi connectivity index (χ2n) is 6.04. The van der Waals surface area contributed by atoms with Crippen LogP contribution in [0.2, 0.25) is 0 Å². The van der Waals surface area contributed by atoms with Crippen molar-refractivity contribution in [2.45, 2.75) is 39.3 Å². The van der Waals surface area contributed by atoms with Gasteiger partial charge in [-0.05, 0) is 31.7 Å². The first-order valence-electron chi connectivity index (χ1n) is 6.97. The monoisotopic (exact) mass is 250 g/mol. The van der Waals surface area contributed by atoms with Crippen LogP contribution in [0.1, 0.15) is 38.8 Å². The summed E-state index contributed by atoms with van der Waals surface area (Å²) in [6, 6.07) is 0.447. The highest BCUT2D eigenvalue weighted by atomic mass is 15.3. The first kappa shape index (κ1) is 13.6. The number of aromatic nitrogens is 2. The fourth-order valence-electron chi connectivity index (χ4n) is 3.05. The molecule has 0 amide bonds. The van der Waals surface area contributed by atoms with Crippen molar-refractivity contribution in [1.82, 2.24) is 14.7 Å². The smallest absolute Gasteiger partial charge is 0.0538 e. The zero-order chi connectivity index (χ0) is 13.3. The molecule has 0 aromatic carbocycles. The molecule has 3 atom stereocenters. The minimum absolute atomic E-state index is 0.139. The van der Waals surface area contributed by atoms with Gasteiger partial charge in [-0.15, -0.1) is 0 Å². The van der Waals surface area contributed by atoms with Gasteiger partial charge >= 0.3 is 0 Å². The Kier molecular flexibility index (Phi) is 4.07. The molecule has 102 valence electrons. The molecule has 0 spiro atoms. The Bertz CT molecular complexity index is 383. The van der Waals surface area contributed by atoms with Crippen LogP contribution in [0.5, 0.6) is 0 Å². The zero-order valence-corrected chi connectivity index (χ0v) is 12.0. The van der Waals surface area contributed by atoms with E-state index in [0.717, 1.165) is 18.4 Å². The lowest BCUT2D eigenvalue weighted by Crippen LogP contribution is -2.38. The molecule has 1 aliphatic rings. The van der Waals surface area contributed by atoms with Crippen molar-refractivity contribution in [3.8, 4) is 0 Å². The molecule has 18 heavy (non-hydrogen) atoms. The van der Waals surface area contributed by atoms with Gasteiger partial charge in [0.15, 0.2) is 0 Å². The summed E-state index contributed by atoms with van der Waals surface area (Å²) >= 11 is 0. The van der Waals surface area contributed by atoms with Crippen molar-refractivity contribution in [1.29, 1.82) is 0 Å². The van der Waals surface area contributed by atoms with Gasteiger partial charge < -0.3 is 5.73 Å². The Morgan fingerprint density at radius 1 is 1.39 bits per heavy atom. The normalized spacial score (nSPS) is 24.7. The molecule has 2 N–H and O–H groups in total. The summed E-state index contributed by atoms with van der Waals surface area (Å²) in [5.41, 5.74) is 7.45. The maximum atomic E-state index is 6.20. The third-order valence-corrected chi connectivity index (χ3v) is 4.16. The van der Waals surface area contributed by atoms with Gasteiger partial charge in [0.05, 0.1) is 12.2 Å². The molecule has 0 saturated carbocycles. The Hall–Kier alpha value is -0.870. The van der Waals surface area contributed by atoms with E-state index in [1.54, 1.807) is 0 Å². The van der Waals surface area contributed by atoms with E-state index in [1.165, 1.54) is 18.5 Å². The molecule has 4 heteroatoms. The summed E-state index contributed by atoms with van der Waals surface area (Å²) in [6.07, 6.45) is 5.34. The van der Waals surface area contributed by atoms with Crippen LogP contribution in [0, 0.1) is 11.8 Å². The molecule has 3 unspecified atom stereocenters. The summed E-state index contributed by atoms with van der Waals surface area (Å²) < 4.78 is 1.86. The van der Waals surface area contributed by atoms with Crippen molar-refractivity contribution in [3.05, 3.63) is 18.0 Å². The zero-order valence-electron chi connectivity index (χ0n) is 12.0. The Labute approximate surface area is 110 Å². The maximum Gasteiger partial charge on any atom is 0.0538 e. The summed E-state index contributed by atoms with van der Waals surface area (Å²) in [5, 5.41) is 4.28. The van der Waals surface area contributed by atoms with Gasteiger partial charge in [-0.1, -0.05) is 13.8 Å². The summed E-state index contributed by atoms with van der Waals surface area (Å²) in [5.74, 6) is 1.57. The quantitative estimate of drug-likeness (QED) is 0.886. The molecule has 1 aromatic rings. The number of hydrogen-bond donors (Lipinski definition) is 1. The minimum atomic E-state index is 0.139. The number of nitrogens with two attached hydrogens (primary N) is 1. The lowest BCUT2D eigenvalue weighted by atomic mass is 9.95. The molecular weight excluding hydrogens is 224 g/mol. The van der Waals surface area contributed by atoms with E-state index in [0.29, 0.717) is 6.04 Å². The number of aryl methyl sites for hydroxylation is 1. The van der Waals surface area contributed by atoms with Crippen LogP contribution in [0.3, 0.4) is 0 Å². The van der Waals surface area contributed by atoms with Gasteiger partial charge in [-0.2, -0.15) is 5.10 Å². The Morgan fingerprint density at radius 3 is 2.56 bits per heavy atom. The minimum Gasteiger partial charge on any atom is -0.326 e. The summed E-state index contributed by atoms with van der Waals surface area (Å²) in [7, 11) is 1.96. The molecule has 0 bridgehead atoms. The van der Waals surface area contributed by atoms with Crippen LogP contribution in [0.25, 0.3) is 0 Å². The molecule has 2 heterocycles. The largest absolute Gasteiger partial charge is 0.326 e. The molecule has 1 saturated heterocycles. The fraction of sp³-hybridized carbons (Fsp3) is 0.786. The van der Waals surface area contributed by atoms with Crippen molar-refractivity contribution in [3.63, 3.8) is 0 Å². The highest BCUT2D eigenvalue weighted by molar-refractivity contribution is 5.13. The van der Waals surface area contributed by atoms with Crippen molar-refractivity contribution in [2.75, 3.05) is 13.1 Å². The summed E-state index contributed by atoms with van der Waals surface area (Å²) in [6.45, 7) is 9.06. The molecule has 0 aliphatic carbocycles. The highest BCUT2D eigenvalue weighted by Crippen LogP contribution is 2.32. The van der Waals surface area contributed by atoms with Crippen molar-refractivity contribution >= 4 is 0 Å². The van der Waals surface area contributed by atoms with Gasteiger partial charge in [-0.3, -0.25) is 9.58 Å². The van der Waals surface area contributed by atoms with Crippen LogP contribution in [0.15, 0.2) is 12.4 Å². The third-order valence-electron chi connectivity index (χ3n) is 4.16. The first-order chi connectivity index (χ1) is 8.49. The number of likely N-dealkylation sites (tertiary alicyclic amines) is 1. The van der Waals surface area contributed by atoms with Crippen LogP contribution in [-0.4, -0.2) is 33.8 Å². The summed E-state index contributed by atoms with van der Waals surface area (Å²) in [4.78, 5) is 2.53.